The van der Waals surface area contributed by atoms with Gasteiger partial charge in [-0.05, 0) is 5.22 Å². The first kappa shape index (κ1) is 4.18. The molecule has 1 heterocycles. The Morgan fingerprint density at radius 1 is 1.71 bits per heavy atom. The minimum atomic E-state index is 0.0278. The van der Waals surface area contributed by atoms with Crippen LogP contribution in [0.25, 0.3) is 0 Å². The maximum atomic E-state index is 3.64. The zero-order valence-corrected chi connectivity index (χ0v) is 3.78. The van der Waals surface area contributed by atoms with E-state index in [0.717, 1.165) is 0 Å². The molecule has 0 saturated heterocycles. The van der Waals surface area contributed by atoms with E-state index in [9.17, 15) is 0 Å². The van der Waals surface area contributed by atoms with Crippen LogP contribution in [0.3, 0.4) is 0 Å². The van der Waals surface area contributed by atoms with Gasteiger partial charge in [0, 0.05) is 0 Å². The summed E-state index contributed by atoms with van der Waals surface area (Å²) >= 11 is 0. The van der Waals surface area contributed by atoms with E-state index in [4.69, 9.17) is 0 Å². The fraction of sp³-hybridized carbons (Fsp3) is 0.250. The van der Waals surface area contributed by atoms with Crippen LogP contribution in [0.15, 0.2) is 28.1 Å². The van der Waals surface area contributed by atoms with Crippen molar-refractivity contribution in [1.82, 2.24) is 0 Å². The van der Waals surface area contributed by atoms with Gasteiger partial charge in [-0.1, -0.05) is 6.08 Å². The third-order valence-corrected chi connectivity index (χ3v) is 0.698. The Kier molecular flexibility index (Phi) is 0.978. The van der Waals surface area contributed by atoms with Crippen LogP contribution < -0.4 is 0 Å². The summed E-state index contributed by atoms with van der Waals surface area (Å²) in [5.41, 5.74) is 0. The van der Waals surface area contributed by atoms with E-state index in [-0.39, 0.29) is 6.04 Å². The van der Waals surface area contributed by atoms with Crippen molar-refractivity contribution in [1.29, 1.82) is 0 Å². The molecular formula is C4H5N3. The van der Waals surface area contributed by atoms with Crippen LogP contribution in [-0.4, -0.2) is 12.3 Å². The summed E-state index contributed by atoms with van der Waals surface area (Å²) in [6.07, 6.45) is 3.31. The van der Waals surface area contributed by atoms with Gasteiger partial charge in [-0.25, -0.2) is 0 Å². The molecule has 0 aromatic heterocycles. The Labute approximate surface area is 41.5 Å². The van der Waals surface area contributed by atoms with Crippen molar-refractivity contribution in [2.45, 2.75) is 6.04 Å². The van der Waals surface area contributed by atoms with Gasteiger partial charge in [-0.15, -0.1) is 11.7 Å². The average Bonchev–Trinajstić information content (AvgIpc) is 2.14. The summed E-state index contributed by atoms with van der Waals surface area (Å²) in [5.74, 6) is 0. The normalized spacial score (nSPS) is 26.0. The highest BCUT2D eigenvalue weighted by atomic mass is 15.4. The molecule has 0 spiro atoms. The van der Waals surface area contributed by atoms with Crippen LogP contribution in [-0.2, 0) is 0 Å². The maximum absolute atomic E-state index is 3.64. The Morgan fingerprint density at radius 2 is 2.57 bits per heavy atom. The van der Waals surface area contributed by atoms with Crippen LogP contribution in [0.1, 0.15) is 0 Å². The summed E-state index contributed by atoms with van der Waals surface area (Å²) in [4.78, 5) is 0. The van der Waals surface area contributed by atoms with Crippen molar-refractivity contribution in [3.63, 3.8) is 0 Å². The standard InChI is InChI=1S/C4H5N3/c1-2-4-3-5-7-6-4/h2-4H,1H2. The van der Waals surface area contributed by atoms with Gasteiger partial charge >= 0.3 is 0 Å². The molecule has 0 aromatic carbocycles. The molecule has 0 bridgehead atoms. The second-order valence-corrected chi connectivity index (χ2v) is 1.20. The predicted octanol–water partition coefficient (Wildman–Crippen LogP) is 0.993. The topological polar surface area (TPSA) is 37.1 Å². The highest BCUT2D eigenvalue weighted by molar-refractivity contribution is 5.67. The van der Waals surface area contributed by atoms with Gasteiger partial charge in [0.1, 0.15) is 6.04 Å². The van der Waals surface area contributed by atoms with Gasteiger partial charge in [0.05, 0.1) is 6.21 Å². The van der Waals surface area contributed by atoms with Crippen LogP contribution in [0.5, 0.6) is 0 Å². The molecule has 3 heteroatoms. The molecule has 1 atom stereocenters. The van der Waals surface area contributed by atoms with E-state index in [2.05, 4.69) is 22.0 Å². The molecule has 0 fully saturated rings. The van der Waals surface area contributed by atoms with Crippen molar-refractivity contribution in [3.05, 3.63) is 12.7 Å². The predicted molar refractivity (Wildman–Crippen MR) is 27.3 cm³/mol. The number of nitrogens with zero attached hydrogens (tertiary/aromatic N) is 3. The van der Waals surface area contributed by atoms with Gasteiger partial charge in [-0.3, -0.25) is 0 Å². The van der Waals surface area contributed by atoms with Gasteiger partial charge in [0.2, 0.25) is 0 Å². The maximum Gasteiger partial charge on any atom is 0.128 e. The Balaban J connectivity index is 2.59. The Bertz CT molecular complexity index is 113. The lowest BCUT2D eigenvalue weighted by molar-refractivity contribution is 0.980. The lowest BCUT2D eigenvalue weighted by Crippen LogP contribution is -1.93. The summed E-state index contributed by atoms with van der Waals surface area (Å²) in [5, 5.41) is 10.5. The van der Waals surface area contributed by atoms with Gasteiger partial charge in [0.25, 0.3) is 0 Å². The van der Waals surface area contributed by atoms with E-state index in [1.807, 2.05) is 0 Å². The summed E-state index contributed by atoms with van der Waals surface area (Å²) in [6, 6.07) is 0.0278. The van der Waals surface area contributed by atoms with Crippen LogP contribution in [0, 0.1) is 0 Å². The molecule has 1 unspecified atom stereocenters. The van der Waals surface area contributed by atoms with Crippen molar-refractivity contribution in [2.24, 2.45) is 15.4 Å². The molecule has 1 rings (SSSR count). The van der Waals surface area contributed by atoms with Crippen molar-refractivity contribution in [3.8, 4) is 0 Å². The van der Waals surface area contributed by atoms with Gasteiger partial charge < -0.3 is 0 Å². The van der Waals surface area contributed by atoms with Crippen LogP contribution >= 0.6 is 0 Å². The first-order chi connectivity index (χ1) is 3.43. The molecule has 0 saturated carbocycles. The molecule has 1 aliphatic rings. The first-order valence-corrected chi connectivity index (χ1v) is 1.99. The third kappa shape index (κ3) is 0.707. The van der Waals surface area contributed by atoms with Crippen LogP contribution in [0.4, 0.5) is 0 Å². The molecule has 1 aliphatic heterocycles. The highest BCUT2D eigenvalue weighted by Gasteiger charge is 1.98. The summed E-state index contributed by atoms with van der Waals surface area (Å²) in [6.45, 7) is 3.50. The Morgan fingerprint density at radius 3 is 2.86 bits per heavy atom. The molecule has 7 heavy (non-hydrogen) atoms. The van der Waals surface area contributed by atoms with Gasteiger partial charge in [0.15, 0.2) is 0 Å². The quantitative estimate of drug-likeness (QED) is 0.435. The van der Waals surface area contributed by atoms with E-state index in [1.165, 1.54) is 0 Å². The molecule has 0 N–H and O–H groups in total. The zero-order chi connectivity index (χ0) is 5.11. The SMILES string of the molecule is C=CC1C=NN=N1. The molecule has 36 valence electrons. The first-order valence-electron chi connectivity index (χ1n) is 1.99. The van der Waals surface area contributed by atoms with Crippen LogP contribution in [0.2, 0.25) is 0 Å². The Hall–Kier alpha value is -0.990. The minimum Gasteiger partial charge on any atom is -0.155 e. The minimum absolute atomic E-state index is 0.0278. The van der Waals surface area contributed by atoms with Crippen molar-refractivity contribution in [2.75, 3.05) is 0 Å². The second-order valence-electron chi connectivity index (χ2n) is 1.20. The van der Waals surface area contributed by atoms with Crippen molar-refractivity contribution < 1.29 is 0 Å². The third-order valence-electron chi connectivity index (χ3n) is 0.698. The van der Waals surface area contributed by atoms with Crippen molar-refractivity contribution >= 4 is 6.21 Å². The van der Waals surface area contributed by atoms with E-state index < -0.39 is 0 Å². The summed E-state index contributed by atoms with van der Waals surface area (Å²) in [7, 11) is 0. The number of hydrogen-bond donors (Lipinski definition) is 0. The highest BCUT2D eigenvalue weighted by Crippen LogP contribution is 1.96. The fourth-order valence-electron chi connectivity index (χ4n) is 0.325. The smallest absolute Gasteiger partial charge is 0.128 e. The summed E-state index contributed by atoms with van der Waals surface area (Å²) < 4.78 is 0. The molecule has 3 nitrogen and oxygen atoms in total. The van der Waals surface area contributed by atoms with E-state index >= 15 is 0 Å². The second kappa shape index (κ2) is 1.64. The van der Waals surface area contributed by atoms with E-state index in [0.29, 0.717) is 0 Å². The van der Waals surface area contributed by atoms with E-state index in [1.54, 1.807) is 12.3 Å². The number of rotatable bonds is 1. The molecule has 0 aromatic rings. The molecule has 0 aliphatic carbocycles. The lowest BCUT2D eigenvalue weighted by atomic mass is 10.3. The molecule has 0 radical (unpaired) electrons. The average molecular weight is 95.1 g/mol. The fourth-order valence-corrected chi connectivity index (χ4v) is 0.325. The molecule has 0 amide bonds. The lowest BCUT2D eigenvalue weighted by Gasteiger charge is -1.82. The monoisotopic (exact) mass is 95.0 g/mol. The van der Waals surface area contributed by atoms with Gasteiger partial charge in [-0.2, -0.15) is 5.11 Å². The molecular weight excluding hydrogens is 90.1 g/mol. The number of hydrogen-bond acceptors (Lipinski definition) is 3. The largest absolute Gasteiger partial charge is 0.155 e. The zero-order valence-electron chi connectivity index (χ0n) is 3.78.